The van der Waals surface area contributed by atoms with E-state index in [0.29, 0.717) is 48.6 Å². The van der Waals surface area contributed by atoms with E-state index in [-0.39, 0.29) is 5.91 Å². The molecule has 0 spiro atoms. The normalized spacial score (nSPS) is 17.1. The highest BCUT2D eigenvalue weighted by Crippen LogP contribution is 2.29. The van der Waals surface area contributed by atoms with Crippen molar-refractivity contribution in [2.75, 3.05) is 12.4 Å². The Bertz CT molecular complexity index is 1430. The van der Waals surface area contributed by atoms with Gasteiger partial charge in [-0.3, -0.25) is 24.2 Å². The fraction of sp³-hybridized carbons (Fsp3) is 0.375. The Morgan fingerprint density at radius 2 is 1.80 bits per heavy atom. The Kier molecular flexibility index (Phi) is 8.86. The Morgan fingerprint density at radius 1 is 1.00 bits per heavy atom. The summed E-state index contributed by atoms with van der Waals surface area (Å²) in [5, 5.41) is 7.24. The molecule has 8 nitrogen and oxygen atoms in total. The van der Waals surface area contributed by atoms with Gasteiger partial charge in [0, 0.05) is 56.2 Å². The zero-order valence-corrected chi connectivity index (χ0v) is 23.3. The second-order valence-corrected chi connectivity index (χ2v) is 10.7. The van der Waals surface area contributed by atoms with E-state index in [4.69, 9.17) is 9.72 Å². The largest absolute Gasteiger partial charge is 0.381 e. The fourth-order valence-electron chi connectivity index (χ4n) is 5.47. The minimum absolute atomic E-state index is 0.238. The van der Waals surface area contributed by atoms with Gasteiger partial charge in [0.15, 0.2) is 0 Å². The smallest absolute Gasteiger partial charge is 0.258 e. The highest BCUT2D eigenvalue weighted by Gasteiger charge is 2.23. The number of imidazole rings is 1. The van der Waals surface area contributed by atoms with Crippen LogP contribution in [0.4, 0.5) is 5.95 Å². The maximum absolute atomic E-state index is 13.3. The van der Waals surface area contributed by atoms with Crippen LogP contribution in [0.5, 0.6) is 0 Å². The molecule has 1 saturated carbocycles. The molecule has 0 saturated heterocycles. The van der Waals surface area contributed by atoms with Gasteiger partial charge in [-0.2, -0.15) is 5.10 Å². The molecular formula is C32H37N5O3. The fourth-order valence-corrected chi connectivity index (χ4v) is 5.47. The topological polar surface area (TPSA) is 91.0 Å². The average Bonchev–Trinajstić information content (AvgIpc) is 3.60. The lowest BCUT2D eigenvalue weighted by Gasteiger charge is -2.27. The Balaban J connectivity index is 1.24. The maximum Gasteiger partial charge on any atom is 0.258 e. The van der Waals surface area contributed by atoms with Crippen LogP contribution in [0.3, 0.4) is 0 Å². The lowest BCUT2D eigenvalue weighted by atomic mass is 9.83. The molecular weight excluding hydrogens is 502 g/mol. The van der Waals surface area contributed by atoms with Crippen molar-refractivity contribution in [2.24, 2.45) is 13.0 Å². The van der Waals surface area contributed by atoms with Crippen molar-refractivity contribution < 1.29 is 14.3 Å². The van der Waals surface area contributed by atoms with E-state index in [1.807, 2.05) is 72.5 Å². The number of benzene rings is 2. The molecule has 1 aliphatic carbocycles. The van der Waals surface area contributed by atoms with Crippen molar-refractivity contribution in [3.05, 3.63) is 84.4 Å². The summed E-state index contributed by atoms with van der Waals surface area (Å²) in [5.74, 6) is 1.03. The van der Waals surface area contributed by atoms with E-state index in [2.05, 4.69) is 10.4 Å². The number of aryl methyl sites for hydroxylation is 2. The summed E-state index contributed by atoms with van der Waals surface area (Å²) in [4.78, 5) is 30.7. The van der Waals surface area contributed by atoms with E-state index in [9.17, 15) is 9.59 Å². The third-order valence-corrected chi connectivity index (χ3v) is 7.71. The summed E-state index contributed by atoms with van der Waals surface area (Å²) in [6, 6.07) is 17.3. The van der Waals surface area contributed by atoms with Crippen molar-refractivity contribution in [3.63, 3.8) is 0 Å². The number of carbonyl (C=O) groups excluding carboxylic acids is 2. The molecule has 0 atom stereocenters. The number of hydrogen-bond acceptors (Lipinski definition) is 5. The van der Waals surface area contributed by atoms with Crippen molar-refractivity contribution >= 4 is 17.6 Å². The van der Waals surface area contributed by atoms with Crippen LogP contribution in [0.2, 0.25) is 0 Å². The highest BCUT2D eigenvalue weighted by molar-refractivity contribution is 6.04. The van der Waals surface area contributed by atoms with Gasteiger partial charge >= 0.3 is 0 Å². The average molecular weight is 540 g/mol. The first-order valence-electron chi connectivity index (χ1n) is 14.1. The van der Waals surface area contributed by atoms with Crippen LogP contribution >= 0.6 is 0 Å². The van der Waals surface area contributed by atoms with Crippen LogP contribution in [0.25, 0.3) is 16.8 Å². The summed E-state index contributed by atoms with van der Waals surface area (Å²) in [7, 11) is 3.64. The third kappa shape index (κ3) is 6.93. The second kappa shape index (κ2) is 12.9. The molecule has 0 radical (unpaired) electrons. The van der Waals surface area contributed by atoms with Crippen molar-refractivity contribution in [2.45, 2.75) is 57.5 Å². The summed E-state index contributed by atoms with van der Waals surface area (Å²) < 4.78 is 9.09. The van der Waals surface area contributed by atoms with Crippen LogP contribution in [0.1, 0.15) is 61.0 Å². The summed E-state index contributed by atoms with van der Waals surface area (Å²) in [6.45, 7) is 0. The molecule has 4 aromatic rings. The number of amides is 1. The van der Waals surface area contributed by atoms with Gasteiger partial charge < -0.3 is 4.74 Å². The van der Waals surface area contributed by atoms with Gasteiger partial charge in [-0.15, -0.1) is 0 Å². The molecule has 0 aliphatic heterocycles. The monoisotopic (exact) mass is 539 g/mol. The Morgan fingerprint density at radius 3 is 2.52 bits per heavy atom. The van der Waals surface area contributed by atoms with E-state index in [0.717, 1.165) is 54.6 Å². The Labute approximate surface area is 235 Å². The molecule has 1 N–H and O–H groups in total. The molecule has 2 aromatic heterocycles. The van der Waals surface area contributed by atoms with Gasteiger partial charge in [-0.25, -0.2) is 4.98 Å². The third-order valence-electron chi connectivity index (χ3n) is 7.71. The van der Waals surface area contributed by atoms with Crippen molar-refractivity contribution in [3.8, 4) is 16.8 Å². The number of anilines is 1. The minimum Gasteiger partial charge on any atom is -0.381 e. The number of nitrogens with zero attached hydrogens (tertiary/aromatic N) is 4. The molecule has 40 heavy (non-hydrogen) atoms. The molecule has 2 heterocycles. The molecule has 2 aromatic carbocycles. The lowest BCUT2D eigenvalue weighted by molar-refractivity contribution is -0.120. The standard InChI is InChI=1S/C32H37N5O3/c1-36-21-26(20-33-36)24-8-6-9-25(19-24)31(39)35-32-34-27(22-37(32)28-11-4-3-5-12-28)10-7-13-29(38)18-23-14-16-30(40-2)17-15-23/h3-6,8-9,11-12,19-23,30H,7,10,13-18H2,1-2H3,(H,34,35,39). The van der Waals surface area contributed by atoms with Gasteiger partial charge in [-0.05, 0) is 74.3 Å². The molecule has 1 amide bonds. The number of methoxy groups -OCH3 is 1. The van der Waals surface area contributed by atoms with Gasteiger partial charge in [0.1, 0.15) is 5.78 Å². The number of ketones is 1. The first-order valence-corrected chi connectivity index (χ1v) is 14.1. The minimum atomic E-state index is -0.238. The molecule has 0 unspecified atom stereocenters. The summed E-state index contributed by atoms with van der Waals surface area (Å²) in [6.07, 6.45) is 12.9. The number of aromatic nitrogens is 4. The summed E-state index contributed by atoms with van der Waals surface area (Å²) in [5.41, 5.74) is 4.15. The number of rotatable bonds is 11. The lowest BCUT2D eigenvalue weighted by Crippen LogP contribution is -2.22. The highest BCUT2D eigenvalue weighted by atomic mass is 16.5. The van der Waals surface area contributed by atoms with Gasteiger partial charge in [-0.1, -0.05) is 30.3 Å². The van der Waals surface area contributed by atoms with E-state index >= 15 is 0 Å². The SMILES string of the molecule is COC1CCC(CC(=O)CCCc2cn(-c3ccccc3)c(NC(=O)c3cccc(-c4cnn(C)c4)c3)n2)CC1. The van der Waals surface area contributed by atoms with Gasteiger partial charge in [0.2, 0.25) is 5.95 Å². The number of ether oxygens (including phenoxy) is 1. The number of para-hydroxylation sites is 1. The van der Waals surface area contributed by atoms with E-state index in [1.54, 1.807) is 24.1 Å². The molecule has 0 bridgehead atoms. The van der Waals surface area contributed by atoms with Gasteiger partial charge in [0.25, 0.3) is 5.91 Å². The number of nitrogens with one attached hydrogen (secondary N) is 1. The number of carbonyl (C=O) groups is 2. The zero-order valence-electron chi connectivity index (χ0n) is 23.3. The predicted octanol–water partition coefficient (Wildman–Crippen LogP) is 6.01. The molecule has 5 rings (SSSR count). The van der Waals surface area contributed by atoms with E-state index in [1.165, 1.54) is 0 Å². The van der Waals surface area contributed by atoms with Crippen LogP contribution in [0, 0.1) is 5.92 Å². The predicted molar refractivity (Wildman–Crippen MR) is 155 cm³/mol. The number of hydrogen-bond donors (Lipinski definition) is 1. The molecule has 8 heteroatoms. The van der Waals surface area contributed by atoms with Crippen LogP contribution < -0.4 is 5.32 Å². The Hall–Kier alpha value is -4.04. The first-order chi connectivity index (χ1) is 19.5. The van der Waals surface area contributed by atoms with Crippen LogP contribution in [-0.4, -0.2) is 44.2 Å². The second-order valence-electron chi connectivity index (χ2n) is 10.7. The van der Waals surface area contributed by atoms with Crippen molar-refractivity contribution in [1.29, 1.82) is 0 Å². The molecule has 1 fully saturated rings. The summed E-state index contributed by atoms with van der Waals surface area (Å²) >= 11 is 0. The van der Waals surface area contributed by atoms with Crippen LogP contribution in [-0.2, 0) is 23.0 Å². The zero-order chi connectivity index (χ0) is 27.9. The quantitative estimate of drug-likeness (QED) is 0.252. The van der Waals surface area contributed by atoms with Gasteiger partial charge in [0.05, 0.1) is 18.0 Å². The van der Waals surface area contributed by atoms with E-state index < -0.39 is 0 Å². The number of Topliss-reactive ketones (excluding diaryl/α,β-unsaturated/α-hetero) is 1. The molecule has 1 aliphatic rings. The van der Waals surface area contributed by atoms with Crippen molar-refractivity contribution in [1.82, 2.24) is 19.3 Å². The van der Waals surface area contributed by atoms with Crippen LogP contribution in [0.15, 0.2) is 73.2 Å². The maximum atomic E-state index is 13.3. The first kappa shape index (κ1) is 27.5. The molecule has 208 valence electrons.